The molecule has 1 heterocycles. The second-order valence-corrected chi connectivity index (χ2v) is 10.8. The first kappa shape index (κ1) is 26.8. The molecule has 182 valence electrons. The fourth-order valence-electron chi connectivity index (χ4n) is 4.44. The zero-order valence-corrected chi connectivity index (χ0v) is 21.5. The summed E-state index contributed by atoms with van der Waals surface area (Å²) in [6.07, 6.45) is -0.879. The third kappa shape index (κ3) is 5.38. The molecule has 0 aliphatic rings. The molecular formula is C23H31Cl2N3O5. The van der Waals surface area contributed by atoms with Crippen LogP contribution in [0.4, 0.5) is 9.59 Å². The van der Waals surface area contributed by atoms with E-state index in [1.54, 1.807) is 29.1 Å². The number of aryl methyl sites for hydroxylation is 1. The third-order valence-electron chi connectivity index (χ3n) is 5.87. The van der Waals surface area contributed by atoms with Gasteiger partial charge in [-0.2, -0.15) is 5.10 Å². The molecule has 1 aromatic carbocycles. The minimum absolute atomic E-state index is 0.321. The Kier molecular flexibility index (Phi) is 7.65. The van der Waals surface area contributed by atoms with Crippen molar-refractivity contribution in [2.24, 2.45) is 10.8 Å². The van der Waals surface area contributed by atoms with Gasteiger partial charge in [0.25, 0.3) is 0 Å². The van der Waals surface area contributed by atoms with Crippen molar-refractivity contribution < 1.29 is 24.5 Å². The summed E-state index contributed by atoms with van der Waals surface area (Å²) >= 11 is 12.2. The van der Waals surface area contributed by atoms with Crippen LogP contribution < -0.4 is 4.74 Å². The molecule has 0 bridgehead atoms. The van der Waals surface area contributed by atoms with Gasteiger partial charge in [-0.15, -0.1) is 0 Å². The number of hydrogen-bond donors (Lipinski definition) is 2. The molecule has 0 aliphatic carbocycles. The highest BCUT2D eigenvalue weighted by atomic mass is 35.5. The fraction of sp³-hybridized carbons (Fsp3) is 0.522. The van der Waals surface area contributed by atoms with Crippen molar-refractivity contribution in [3.8, 4) is 11.5 Å². The molecule has 0 saturated heterocycles. The minimum atomic E-state index is -1.55. The Morgan fingerprint density at radius 3 is 1.88 bits per heavy atom. The molecule has 0 saturated carbocycles. The van der Waals surface area contributed by atoms with Crippen LogP contribution >= 0.6 is 23.2 Å². The van der Waals surface area contributed by atoms with Crippen LogP contribution in [0.15, 0.2) is 24.4 Å². The summed E-state index contributed by atoms with van der Waals surface area (Å²) in [5, 5.41) is 24.8. The number of rotatable bonds is 6. The van der Waals surface area contributed by atoms with Gasteiger partial charge in [-0.25, -0.2) is 14.5 Å². The third-order valence-corrected chi connectivity index (χ3v) is 6.31. The molecule has 0 atom stereocenters. The summed E-state index contributed by atoms with van der Waals surface area (Å²) < 4.78 is 7.72. The maximum Gasteiger partial charge on any atom is 0.416 e. The van der Waals surface area contributed by atoms with E-state index in [2.05, 4.69) is 0 Å². The number of amides is 2. The molecule has 0 aliphatic heterocycles. The second-order valence-electron chi connectivity index (χ2n) is 9.96. The molecule has 2 N–H and O–H groups in total. The molecule has 2 rings (SSSR count). The summed E-state index contributed by atoms with van der Waals surface area (Å²) in [5.41, 5.74) is -1.65. The van der Waals surface area contributed by atoms with E-state index < -0.39 is 28.6 Å². The topological polar surface area (TPSA) is 105 Å². The number of hydrogen-bond acceptors (Lipinski definition) is 4. The lowest BCUT2D eigenvalue weighted by Crippen LogP contribution is -2.62. The van der Waals surface area contributed by atoms with Gasteiger partial charge in [-0.1, -0.05) is 71.7 Å². The fourth-order valence-corrected chi connectivity index (χ4v) is 4.94. The molecule has 1 aromatic heterocycles. The largest absolute Gasteiger partial charge is 0.465 e. The van der Waals surface area contributed by atoms with Crippen LogP contribution in [0.25, 0.3) is 0 Å². The summed E-state index contributed by atoms with van der Waals surface area (Å²) in [6.45, 7) is 13.2. The molecule has 2 aromatic rings. The van der Waals surface area contributed by atoms with Gasteiger partial charge in [-0.3, -0.25) is 4.68 Å². The van der Waals surface area contributed by atoms with Crippen molar-refractivity contribution in [2.75, 3.05) is 6.54 Å². The lowest BCUT2D eigenvalue weighted by molar-refractivity contribution is -0.0472. The van der Waals surface area contributed by atoms with Crippen molar-refractivity contribution in [3.63, 3.8) is 0 Å². The molecule has 0 unspecified atom stereocenters. The first-order chi connectivity index (χ1) is 15.0. The predicted octanol–water partition coefficient (Wildman–Crippen LogP) is 6.99. The van der Waals surface area contributed by atoms with E-state index in [1.165, 1.54) is 0 Å². The Labute approximate surface area is 204 Å². The van der Waals surface area contributed by atoms with Gasteiger partial charge in [0.1, 0.15) is 11.4 Å². The van der Waals surface area contributed by atoms with Gasteiger partial charge in [0, 0.05) is 10.0 Å². The Bertz CT molecular complexity index is 989. The van der Waals surface area contributed by atoms with E-state index in [0.717, 1.165) is 0 Å². The molecule has 2 amide bonds. The number of benzene rings is 1. The second kappa shape index (κ2) is 9.43. The first-order valence-electron chi connectivity index (χ1n) is 10.5. The van der Waals surface area contributed by atoms with E-state index in [1.807, 2.05) is 48.5 Å². The van der Waals surface area contributed by atoms with Gasteiger partial charge in [0.05, 0.1) is 18.3 Å². The summed E-state index contributed by atoms with van der Waals surface area (Å²) in [5.74, 6) is 0.877. The SMILES string of the molecule is CCc1nn(C(CN(C(=O)O)C(=O)O)(C(C)(C)C)C(C)(C)C)cc1Oc1cc(Cl)cc(Cl)c1. The molecule has 0 radical (unpaired) electrons. The quantitative estimate of drug-likeness (QED) is 0.443. The molecule has 0 fully saturated rings. The highest BCUT2D eigenvalue weighted by Crippen LogP contribution is 2.51. The van der Waals surface area contributed by atoms with Gasteiger partial charge in [0.15, 0.2) is 5.75 Å². The summed E-state index contributed by atoms with van der Waals surface area (Å²) in [6, 6.07) is 4.85. The number of nitrogens with zero attached hydrogens (tertiary/aromatic N) is 3. The average molecular weight is 500 g/mol. The highest BCUT2D eigenvalue weighted by molar-refractivity contribution is 6.34. The van der Waals surface area contributed by atoms with Crippen molar-refractivity contribution >= 4 is 35.4 Å². The molecule has 33 heavy (non-hydrogen) atoms. The maximum absolute atomic E-state index is 11.8. The predicted molar refractivity (Wildman–Crippen MR) is 128 cm³/mol. The van der Waals surface area contributed by atoms with Gasteiger partial charge < -0.3 is 14.9 Å². The van der Waals surface area contributed by atoms with Gasteiger partial charge in [0.2, 0.25) is 0 Å². The Morgan fingerprint density at radius 1 is 1.00 bits per heavy atom. The van der Waals surface area contributed by atoms with Crippen molar-refractivity contribution in [3.05, 3.63) is 40.1 Å². The number of imide groups is 1. The van der Waals surface area contributed by atoms with Crippen LogP contribution in [0.2, 0.25) is 10.0 Å². The lowest BCUT2D eigenvalue weighted by Gasteiger charge is -2.54. The van der Waals surface area contributed by atoms with Gasteiger partial charge >= 0.3 is 12.2 Å². The van der Waals surface area contributed by atoms with Crippen LogP contribution in [-0.4, -0.2) is 43.6 Å². The maximum atomic E-state index is 11.8. The smallest absolute Gasteiger partial charge is 0.416 e. The van der Waals surface area contributed by atoms with Crippen LogP contribution in [0, 0.1) is 10.8 Å². The molecular weight excluding hydrogens is 469 g/mol. The van der Waals surface area contributed by atoms with E-state index in [0.29, 0.717) is 38.6 Å². The summed E-state index contributed by atoms with van der Waals surface area (Å²) in [7, 11) is 0. The van der Waals surface area contributed by atoms with Crippen LogP contribution in [0.3, 0.4) is 0 Å². The zero-order valence-electron chi connectivity index (χ0n) is 19.9. The normalized spacial score (nSPS) is 12.5. The monoisotopic (exact) mass is 499 g/mol. The zero-order chi connectivity index (χ0) is 25.4. The van der Waals surface area contributed by atoms with E-state index in [9.17, 15) is 19.8 Å². The van der Waals surface area contributed by atoms with Gasteiger partial charge in [-0.05, 0) is 35.4 Å². The van der Waals surface area contributed by atoms with Crippen LogP contribution in [0.5, 0.6) is 11.5 Å². The first-order valence-corrected chi connectivity index (χ1v) is 11.3. The number of carbonyl (C=O) groups is 2. The average Bonchev–Trinajstić information content (AvgIpc) is 3.01. The molecule has 0 spiro atoms. The van der Waals surface area contributed by atoms with Crippen molar-refractivity contribution in [1.29, 1.82) is 0 Å². The van der Waals surface area contributed by atoms with E-state index in [-0.39, 0.29) is 6.54 Å². The van der Waals surface area contributed by atoms with E-state index >= 15 is 0 Å². The highest BCUT2D eigenvalue weighted by Gasteiger charge is 2.55. The van der Waals surface area contributed by atoms with Crippen LogP contribution in [-0.2, 0) is 12.0 Å². The lowest BCUT2D eigenvalue weighted by atomic mass is 9.59. The number of carboxylic acid groups (broad SMARTS) is 2. The molecule has 10 heteroatoms. The standard InChI is InChI=1S/C23H31Cl2N3O5/c1-8-17-18(33-16-10-14(24)9-15(25)11-16)12-28(26-17)23(21(2,3)4,22(5,6)7)13-27(19(29)30)20(31)32/h9-12H,8,13H2,1-7H3,(H,29,30)(H,31,32). The summed E-state index contributed by atoms with van der Waals surface area (Å²) in [4.78, 5) is 24.0. The number of ether oxygens (including phenoxy) is 1. The number of aromatic nitrogens is 2. The number of halogens is 2. The van der Waals surface area contributed by atoms with Crippen molar-refractivity contribution in [2.45, 2.75) is 60.4 Å². The van der Waals surface area contributed by atoms with Crippen LogP contribution in [0.1, 0.15) is 54.2 Å². The molecule has 8 nitrogen and oxygen atoms in total. The van der Waals surface area contributed by atoms with Crippen molar-refractivity contribution in [1.82, 2.24) is 14.7 Å². The Morgan fingerprint density at radius 2 is 1.48 bits per heavy atom. The van der Waals surface area contributed by atoms with E-state index in [4.69, 9.17) is 33.0 Å². The Balaban J connectivity index is 2.73. The Hall–Kier alpha value is -2.45. The minimum Gasteiger partial charge on any atom is -0.465 e.